The highest BCUT2D eigenvalue weighted by molar-refractivity contribution is 5.52. The maximum atomic E-state index is 9.83. The van der Waals surface area contributed by atoms with Crippen LogP contribution in [-0.4, -0.2) is 22.4 Å². The molecule has 0 spiro atoms. The van der Waals surface area contributed by atoms with Crippen molar-refractivity contribution in [3.63, 3.8) is 0 Å². The summed E-state index contributed by atoms with van der Waals surface area (Å²) in [6.07, 6.45) is 0.321. The Morgan fingerprint density at radius 3 is 2.39 bits per heavy atom. The van der Waals surface area contributed by atoms with Crippen LogP contribution in [0.15, 0.2) is 36.4 Å². The molecule has 2 aromatic carbocycles. The Balaban J connectivity index is 2.43. The van der Waals surface area contributed by atoms with Gasteiger partial charge in [0.15, 0.2) is 0 Å². The average molecular weight is 246 g/mol. The molecular formula is C14H14O4. The predicted molar refractivity (Wildman–Crippen MR) is 67.2 cm³/mol. The van der Waals surface area contributed by atoms with Gasteiger partial charge >= 0.3 is 0 Å². The molecule has 0 amide bonds. The summed E-state index contributed by atoms with van der Waals surface area (Å²) in [6.45, 7) is 0. The van der Waals surface area contributed by atoms with Crippen LogP contribution in [-0.2, 0) is 6.42 Å². The maximum Gasteiger partial charge on any atom is 0.129 e. The number of phenols is 3. The highest BCUT2D eigenvalue weighted by Crippen LogP contribution is 2.35. The van der Waals surface area contributed by atoms with Gasteiger partial charge < -0.3 is 20.1 Å². The molecule has 0 atom stereocenters. The topological polar surface area (TPSA) is 69.9 Å². The van der Waals surface area contributed by atoms with Gasteiger partial charge in [0, 0.05) is 24.1 Å². The van der Waals surface area contributed by atoms with E-state index in [9.17, 15) is 15.3 Å². The molecule has 0 saturated heterocycles. The van der Waals surface area contributed by atoms with Gasteiger partial charge in [-0.1, -0.05) is 18.2 Å². The van der Waals surface area contributed by atoms with E-state index in [1.54, 1.807) is 24.3 Å². The molecule has 18 heavy (non-hydrogen) atoms. The minimum absolute atomic E-state index is 0.0601. The van der Waals surface area contributed by atoms with Crippen molar-refractivity contribution in [2.75, 3.05) is 7.11 Å². The first-order valence-electron chi connectivity index (χ1n) is 5.47. The molecule has 94 valence electrons. The molecule has 2 rings (SSSR count). The predicted octanol–water partition coefficient (Wildman–Crippen LogP) is 2.40. The summed E-state index contributed by atoms with van der Waals surface area (Å²) in [6, 6.07) is 9.55. The van der Waals surface area contributed by atoms with E-state index in [0.29, 0.717) is 23.3 Å². The minimum atomic E-state index is -0.0645. The zero-order valence-electron chi connectivity index (χ0n) is 9.92. The fourth-order valence-corrected chi connectivity index (χ4v) is 1.83. The Labute approximate surface area is 105 Å². The van der Waals surface area contributed by atoms with Crippen LogP contribution in [0, 0.1) is 0 Å². The lowest BCUT2D eigenvalue weighted by molar-refractivity contribution is 0.391. The number of para-hydroxylation sites is 1. The number of phenolic OH excluding ortho intramolecular Hbond substituents is 3. The second-order valence-electron chi connectivity index (χ2n) is 3.95. The Hall–Kier alpha value is -2.36. The van der Waals surface area contributed by atoms with Gasteiger partial charge in [0.2, 0.25) is 0 Å². The van der Waals surface area contributed by atoms with Gasteiger partial charge in [-0.15, -0.1) is 0 Å². The lowest BCUT2D eigenvalue weighted by Crippen LogP contribution is -1.95. The largest absolute Gasteiger partial charge is 0.508 e. The van der Waals surface area contributed by atoms with E-state index in [2.05, 4.69) is 0 Å². The molecule has 0 aliphatic carbocycles. The molecule has 0 bridgehead atoms. The van der Waals surface area contributed by atoms with Crippen molar-refractivity contribution >= 4 is 0 Å². The summed E-state index contributed by atoms with van der Waals surface area (Å²) in [5.74, 6) is 0.420. The summed E-state index contributed by atoms with van der Waals surface area (Å²) in [5, 5.41) is 28.9. The number of aromatic hydroxyl groups is 3. The molecule has 0 unspecified atom stereocenters. The lowest BCUT2D eigenvalue weighted by atomic mass is 10.0. The van der Waals surface area contributed by atoms with Gasteiger partial charge in [0.1, 0.15) is 23.0 Å². The number of hydrogen-bond donors (Lipinski definition) is 3. The normalized spacial score (nSPS) is 10.3. The summed E-state index contributed by atoms with van der Waals surface area (Å²) in [4.78, 5) is 0. The number of benzene rings is 2. The first-order chi connectivity index (χ1) is 8.61. The number of rotatable bonds is 3. The molecule has 0 aliphatic rings. The molecule has 0 radical (unpaired) electrons. The van der Waals surface area contributed by atoms with Crippen LogP contribution >= 0.6 is 0 Å². The highest BCUT2D eigenvalue weighted by Gasteiger charge is 2.13. The van der Waals surface area contributed by atoms with Crippen LogP contribution in [0.2, 0.25) is 0 Å². The summed E-state index contributed by atoms with van der Waals surface area (Å²) < 4.78 is 5.12. The van der Waals surface area contributed by atoms with E-state index in [-0.39, 0.29) is 17.2 Å². The summed E-state index contributed by atoms with van der Waals surface area (Å²) >= 11 is 0. The molecule has 0 heterocycles. The van der Waals surface area contributed by atoms with Crippen LogP contribution in [0.1, 0.15) is 11.1 Å². The van der Waals surface area contributed by atoms with E-state index >= 15 is 0 Å². The molecular weight excluding hydrogens is 232 g/mol. The molecule has 4 heteroatoms. The van der Waals surface area contributed by atoms with E-state index in [4.69, 9.17) is 4.74 Å². The smallest absolute Gasteiger partial charge is 0.129 e. The number of methoxy groups -OCH3 is 1. The Morgan fingerprint density at radius 1 is 1.00 bits per heavy atom. The van der Waals surface area contributed by atoms with Crippen LogP contribution in [0.3, 0.4) is 0 Å². The van der Waals surface area contributed by atoms with E-state index in [1.807, 2.05) is 0 Å². The van der Waals surface area contributed by atoms with Crippen molar-refractivity contribution in [3.05, 3.63) is 47.5 Å². The monoisotopic (exact) mass is 246 g/mol. The van der Waals surface area contributed by atoms with E-state index in [0.717, 1.165) is 0 Å². The quantitative estimate of drug-likeness (QED) is 0.777. The third-order valence-electron chi connectivity index (χ3n) is 2.75. The third-order valence-corrected chi connectivity index (χ3v) is 2.75. The fraction of sp³-hybridized carbons (Fsp3) is 0.143. The maximum absolute atomic E-state index is 9.83. The Kier molecular flexibility index (Phi) is 3.28. The number of hydrogen-bond acceptors (Lipinski definition) is 4. The standard InChI is InChI=1S/C14H14O4/c1-18-14-8-10(15)7-13(17)11(14)6-9-4-2-3-5-12(9)16/h2-5,7-8,15-17H,6H2,1H3. The van der Waals surface area contributed by atoms with Crippen LogP contribution in [0.25, 0.3) is 0 Å². The summed E-state index contributed by atoms with van der Waals surface area (Å²) in [7, 11) is 1.46. The van der Waals surface area contributed by atoms with Crippen LogP contribution < -0.4 is 4.74 Å². The zero-order chi connectivity index (χ0) is 13.1. The van der Waals surface area contributed by atoms with Gasteiger partial charge in [-0.3, -0.25) is 0 Å². The number of ether oxygens (including phenoxy) is 1. The molecule has 4 nitrogen and oxygen atoms in total. The van der Waals surface area contributed by atoms with Gasteiger partial charge in [-0.2, -0.15) is 0 Å². The highest BCUT2D eigenvalue weighted by atomic mass is 16.5. The zero-order valence-corrected chi connectivity index (χ0v) is 9.92. The lowest BCUT2D eigenvalue weighted by Gasteiger charge is -2.12. The van der Waals surface area contributed by atoms with Gasteiger partial charge in [-0.05, 0) is 11.6 Å². The van der Waals surface area contributed by atoms with Crippen molar-refractivity contribution in [2.24, 2.45) is 0 Å². The second-order valence-corrected chi connectivity index (χ2v) is 3.95. The third kappa shape index (κ3) is 2.32. The SMILES string of the molecule is COc1cc(O)cc(O)c1Cc1ccccc1O. The van der Waals surface area contributed by atoms with Gasteiger partial charge in [0.25, 0.3) is 0 Å². The molecule has 2 aromatic rings. The molecule has 0 aromatic heterocycles. The van der Waals surface area contributed by atoms with Gasteiger partial charge in [0.05, 0.1) is 7.11 Å². The first kappa shape index (κ1) is 12.1. The van der Waals surface area contributed by atoms with Gasteiger partial charge in [-0.25, -0.2) is 0 Å². The van der Waals surface area contributed by atoms with Crippen molar-refractivity contribution in [2.45, 2.75) is 6.42 Å². The fourth-order valence-electron chi connectivity index (χ4n) is 1.83. The second kappa shape index (κ2) is 4.87. The van der Waals surface area contributed by atoms with Crippen LogP contribution in [0.4, 0.5) is 0 Å². The first-order valence-corrected chi connectivity index (χ1v) is 5.47. The molecule has 3 N–H and O–H groups in total. The van der Waals surface area contributed by atoms with Crippen molar-refractivity contribution in [3.8, 4) is 23.0 Å². The van der Waals surface area contributed by atoms with Crippen molar-refractivity contribution in [1.29, 1.82) is 0 Å². The Morgan fingerprint density at radius 2 is 1.72 bits per heavy atom. The van der Waals surface area contributed by atoms with E-state index in [1.165, 1.54) is 19.2 Å². The van der Waals surface area contributed by atoms with Crippen molar-refractivity contribution in [1.82, 2.24) is 0 Å². The summed E-state index contributed by atoms with van der Waals surface area (Å²) in [5.41, 5.74) is 1.20. The average Bonchev–Trinajstić information content (AvgIpc) is 2.34. The minimum Gasteiger partial charge on any atom is -0.508 e. The molecule has 0 aliphatic heterocycles. The molecule has 0 saturated carbocycles. The van der Waals surface area contributed by atoms with E-state index < -0.39 is 0 Å². The Bertz CT molecular complexity index is 564. The van der Waals surface area contributed by atoms with Crippen molar-refractivity contribution < 1.29 is 20.1 Å². The van der Waals surface area contributed by atoms with Crippen LogP contribution in [0.5, 0.6) is 23.0 Å². The molecule has 0 fully saturated rings.